The summed E-state index contributed by atoms with van der Waals surface area (Å²) < 4.78 is 0. The van der Waals surface area contributed by atoms with Gasteiger partial charge in [-0.05, 0) is 29.0 Å². The largest absolute Gasteiger partial charge is 0.368 e. The van der Waals surface area contributed by atoms with Crippen LogP contribution in [0.2, 0.25) is 0 Å². The highest BCUT2D eigenvalue weighted by molar-refractivity contribution is 7.10. The Bertz CT molecular complexity index is 871. The number of carbonyl (C=O) groups excluding carboxylic acids is 1. The van der Waals surface area contributed by atoms with E-state index in [0.717, 1.165) is 22.4 Å². The molecule has 1 saturated heterocycles. The highest BCUT2D eigenvalue weighted by Gasteiger charge is 2.37. The summed E-state index contributed by atoms with van der Waals surface area (Å²) in [6.07, 6.45) is 0.746. The van der Waals surface area contributed by atoms with Gasteiger partial charge in [0.2, 0.25) is 0 Å². The molecule has 144 valence electrons. The zero-order chi connectivity index (χ0) is 19.2. The van der Waals surface area contributed by atoms with E-state index in [1.165, 1.54) is 10.1 Å². The first-order valence-corrected chi connectivity index (χ1v) is 10.2. The molecule has 28 heavy (non-hydrogen) atoms. The second kappa shape index (κ2) is 9.01. The van der Waals surface area contributed by atoms with E-state index < -0.39 is 0 Å². The van der Waals surface area contributed by atoms with Gasteiger partial charge in [0, 0.05) is 4.88 Å². The Hall–Kier alpha value is -2.67. The molecule has 1 aromatic heterocycles. The number of benzene rings is 2. The van der Waals surface area contributed by atoms with E-state index in [2.05, 4.69) is 0 Å². The molecule has 1 aliphatic rings. The SMILES string of the molecule is O=C1N(OCc2ccccc2)CC[C@@H](c2cccs2)N1OCc1ccccc1. The highest BCUT2D eigenvalue weighted by Crippen LogP contribution is 2.33. The Labute approximate surface area is 168 Å². The summed E-state index contributed by atoms with van der Waals surface area (Å²) in [5.74, 6) is 0. The van der Waals surface area contributed by atoms with Crippen LogP contribution in [0.5, 0.6) is 0 Å². The first-order valence-electron chi connectivity index (χ1n) is 9.29. The second-order valence-corrected chi connectivity index (χ2v) is 7.53. The smallest absolute Gasteiger partial charge is 0.265 e. The molecule has 6 heteroatoms. The molecule has 0 bridgehead atoms. The molecular weight excluding hydrogens is 372 g/mol. The van der Waals surface area contributed by atoms with Crippen LogP contribution in [-0.4, -0.2) is 22.7 Å². The summed E-state index contributed by atoms with van der Waals surface area (Å²) >= 11 is 1.64. The van der Waals surface area contributed by atoms with E-state index in [1.54, 1.807) is 11.3 Å². The lowest BCUT2D eigenvalue weighted by molar-refractivity contribution is -0.227. The van der Waals surface area contributed by atoms with Gasteiger partial charge in [-0.2, -0.15) is 5.06 Å². The summed E-state index contributed by atoms with van der Waals surface area (Å²) in [5.41, 5.74) is 2.04. The Kier molecular flexibility index (Phi) is 6.01. The molecule has 0 spiro atoms. The molecule has 0 radical (unpaired) electrons. The Morgan fingerprint density at radius 3 is 2.11 bits per heavy atom. The third-order valence-electron chi connectivity index (χ3n) is 4.61. The Balaban J connectivity index is 1.46. The van der Waals surface area contributed by atoms with Crippen molar-refractivity contribution < 1.29 is 14.5 Å². The van der Waals surface area contributed by atoms with E-state index >= 15 is 0 Å². The average Bonchev–Trinajstić information content (AvgIpc) is 3.28. The molecule has 3 aromatic rings. The van der Waals surface area contributed by atoms with E-state index in [1.807, 2.05) is 78.2 Å². The van der Waals surface area contributed by atoms with Crippen molar-refractivity contribution in [3.05, 3.63) is 94.2 Å². The minimum absolute atomic E-state index is 0.104. The van der Waals surface area contributed by atoms with Crippen molar-refractivity contribution in [1.82, 2.24) is 10.1 Å². The predicted molar refractivity (Wildman–Crippen MR) is 108 cm³/mol. The number of hydroxylamine groups is 4. The van der Waals surface area contributed by atoms with Crippen LogP contribution in [0.1, 0.15) is 28.5 Å². The zero-order valence-corrected chi connectivity index (χ0v) is 16.3. The van der Waals surface area contributed by atoms with Crippen LogP contribution >= 0.6 is 11.3 Å². The van der Waals surface area contributed by atoms with Crippen molar-refractivity contribution in [2.24, 2.45) is 0 Å². The maximum atomic E-state index is 13.1. The van der Waals surface area contributed by atoms with Crippen LogP contribution in [-0.2, 0) is 22.9 Å². The maximum Gasteiger partial charge on any atom is 0.368 e. The van der Waals surface area contributed by atoms with Crippen molar-refractivity contribution in [3.63, 3.8) is 0 Å². The molecule has 1 fully saturated rings. The van der Waals surface area contributed by atoms with Crippen molar-refractivity contribution in [2.45, 2.75) is 25.7 Å². The van der Waals surface area contributed by atoms with E-state index in [4.69, 9.17) is 9.68 Å². The number of nitrogens with zero attached hydrogens (tertiary/aromatic N) is 2. The lowest BCUT2D eigenvalue weighted by atomic mass is 10.1. The highest BCUT2D eigenvalue weighted by atomic mass is 32.1. The molecule has 0 unspecified atom stereocenters. The number of hydrogen-bond acceptors (Lipinski definition) is 4. The predicted octanol–water partition coefficient (Wildman–Crippen LogP) is 5.18. The molecule has 0 saturated carbocycles. The van der Waals surface area contributed by atoms with Crippen molar-refractivity contribution in [1.29, 1.82) is 0 Å². The lowest BCUT2D eigenvalue weighted by Gasteiger charge is -2.39. The van der Waals surface area contributed by atoms with E-state index in [-0.39, 0.29) is 12.1 Å². The standard InChI is InChI=1S/C22H22N2O3S/c25-22-23(26-16-18-8-3-1-4-9-18)14-13-20(21-12-7-15-28-21)24(22)27-17-19-10-5-2-6-11-19/h1-12,15,20H,13-14,16-17H2/t20-/m0/s1. The first-order chi connectivity index (χ1) is 13.8. The molecule has 4 rings (SSSR count). The van der Waals surface area contributed by atoms with Crippen LogP contribution < -0.4 is 0 Å². The minimum Gasteiger partial charge on any atom is -0.265 e. The lowest BCUT2D eigenvalue weighted by Crippen LogP contribution is -2.50. The van der Waals surface area contributed by atoms with Crippen molar-refractivity contribution in [2.75, 3.05) is 6.54 Å². The molecule has 1 aliphatic heterocycles. The Morgan fingerprint density at radius 2 is 1.50 bits per heavy atom. The van der Waals surface area contributed by atoms with Crippen LogP contribution in [0, 0.1) is 0 Å². The number of urea groups is 1. The average molecular weight is 394 g/mol. The van der Waals surface area contributed by atoms with Gasteiger partial charge in [0.05, 0.1) is 12.6 Å². The van der Waals surface area contributed by atoms with Gasteiger partial charge < -0.3 is 0 Å². The molecule has 2 heterocycles. The van der Waals surface area contributed by atoms with Gasteiger partial charge in [-0.1, -0.05) is 66.7 Å². The second-order valence-electron chi connectivity index (χ2n) is 6.55. The molecule has 2 aromatic carbocycles. The van der Waals surface area contributed by atoms with Gasteiger partial charge in [-0.3, -0.25) is 9.68 Å². The summed E-state index contributed by atoms with van der Waals surface area (Å²) in [5, 5.41) is 4.89. The fourth-order valence-electron chi connectivity index (χ4n) is 3.14. The fraction of sp³-hybridized carbons (Fsp3) is 0.227. The molecule has 1 atom stereocenters. The summed E-state index contributed by atoms with van der Waals surface area (Å²) in [6.45, 7) is 1.21. The first kappa shape index (κ1) is 18.7. The number of carbonyl (C=O) groups is 1. The molecule has 0 N–H and O–H groups in total. The van der Waals surface area contributed by atoms with Gasteiger partial charge in [-0.15, -0.1) is 11.3 Å². The zero-order valence-electron chi connectivity index (χ0n) is 15.4. The van der Waals surface area contributed by atoms with Crippen LogP contribution in [0.3, 0.4) is 0 Å². The summed E-state index contributed by atoms with van der Waals surface area (Å²) in [7, 11) is 0. The van der Waals surface area contributed by atoms with Crippen LogP contribution in [0.4, 0.5) is 4.79 Å². The molecule has 0 aliphatic carbocycles. The van der Waals surface area contributed by atoms with Gasteiger partial charge in [0.1, 0.15) is 13.2 Å². The normalized spacial score (nSPS) is 17.1. The monoisotopic (exact) mass is 394 g/mol. The van der Waals surface area contributed by atoms with Gasteiger partial charge in [0.15, 0.2) is 0 Å². The number of hydrogen-bond donors (Lipinski definition) is 0. The number of rotatable bonds is 7. The van der Waals surface area contributed by atoms with E-state index in [9.17, 15) is 4.79 Å². The number of amides is 2. The van der Waals surface area contributed by atoms with Crippen molar-refractivity contribution >= 4 is 17.4 Å². The van der Waals surface area contributed by atoms with Crippen LogP contribution in [0.15, 0.2) is 78.2 Å². The van der Waals surface area contributed by atoms with Gasteiger partial charge in [-0.25, -0.2) is 9.86 Å². The van der Waals surface area contributed by atoms with E-state index in [0.29, 0.717) is 19.8 Å². The molecule has 2 amide bonds. The third kappa shape index (κ3) is 4.42. The number of thiophene rings is 1. The van der Waals surface area contributed by atoms with Gasteiger partial charge in [0.25, 0.3) is 0 Å². The quantitative estimate of drug-likeness (QED) is 0.554. The molecule has 5 nitrogen and oxygen atoms in total. The Morgan fingerprint density at radius 1 is 0.857 bits per heavy atom. The van der Waals surface area contributed by atoms with Gasteiger partial charge >= 0.3 is 6.03 Å². The topological polar surface area (TPSA) is 42.0 Å². The summed E-state index contributed by atoms with van der Waals surface area (Å²) in [4.78, 5) is 26.0. The van der Waals surface area contributed by atoms with Crippen LogP contribution in [0.25, 0.3) is 0 Å². The summed E-state index contributed by atoms with van der Waals surface area (Å²) in [6, 6.07) is 23.4. The molecular formula is C22H22N2O3S. The maximum absolute atomic E-state index is 13.1. The fourth-order valence-corrected chi connectivity index (χ4v) is 3.99. The minimum atomic E-state index is -0.267. The third-order valence-corrected chi connectivity index (χ3v) is 5.58. The van der Waals surface area contributed by atoms with Crippen molar-refractivity contribution in [3.8, 4) is 0 Å².